The van der Waals surface area contributed by atoms with E-state index in [0.29, 0.717) is 6.04 Å². The van der Waals surface area contributed by atoms with Crippen LogP contribution in [0.5, 0.6) is 0 Å². The van der Waals surface area contributed by atoms with E-state index in [1.54, 1.807) is 0 Å². The maximum Gasteiger partial charge on any atom is 0.0127 e. The summed E-state index contributed by atoms with van der Waals surface area (Å²) in [5, 5.41) is 3.43. The van der Waals surface area contributed by atoms with Gasteiger partial charge in [-0.2, -0.15) is 0 Å². The average molecular weight is 181 g/mol. The van der Waals surface area contributed by atoms with Gasteiger partial charge in [0.15, 0.2) is 0 Å². The first-order chi connectivity index (χ1) is 6.38. The third-order valence-electron chi connectivity index (χ3n) is 3.26. The molecule has 1 aliphatic rings. The zero-order valence-electron chi connectivity index (χ0n) is 8.89. The molecule has 0 heterocycles. The summed E-state index contributed by atoms with van der Waals surface area (Å²) in [5.74, 6) is 0.894. The van der Waals surface area contributed by atoms with E-state index in [1.807, 2.05) is 6.08 Å². The van der Waals surface area contributed by atoms with Crippen molar-refractivity contribution in [1.82, 2.24) is 5.32 Å². The van der Waals surface area contributed by atoms with Crippen LogP contribution in [0, 0.1) is 5.92 Å². The second-order valence-corrected chi connectivity index (χ2v) is 4.17. The zero-order valence-corrected chi connectivity index (χ0v) is 8.89. The first kappa shape index (κ1) is 10.8. The highest BCUT2D eigenvalue weighted by Crippen LogP contribution is 2.26. The Morgan fingerprint density at radius 3 is 2.38 bits per heavy atom. The lowest BCUT2D eigenvalue weighted by Gasteiger charge is -2.24. The van der Waals surface area contributed by atoms with E-state index >= 15 is 0 Å². The van der Waals surface area contributed by atoms with Crippen molar-refractivity contribution in [3.63, 3.8) is 0 Å². The van der Waals surface area contributed by atoms with Crippen LogP contribution in [-0.2, 0) is 0 Å². The molecule has 1 heteroatoms. The molecule has 0 spiro atoms. The summed E-state index contributed by atoms with van der Waals surface area (Å²) in [5.41, 5.74) is 0. The molecule has 0 aromatic rings. The Hall–Kier alpha value is -0.300. The topological polar surface area (TPSA) is 12.0 Å². The van der Waals surface area contributed by atoms with Crippen LogP contribution in [0.2, 0.25) is 0 Å². The monoisotopic (exact) mass is 181 g/mol. The summed E-state index contributed by atoms with van der Waals surface area (Å²) in [6.07, 6.45) is 11.8. The fourth-order valence-electron chi connectivity index (χ4n) is 2.44. The van der Waals surface area contributed by atoms with E-state index in [1.165, 1.54) is 38.5 Å². The Morgan fingerprint density at radius 1 is 1.31 bits per heavy atom. The molecular formula is C12H23N. The summed E-state index contributed by atoms with van der Waals surface area (Å²) in [7, 11) is 2.08. The summed E-state index contributed by atoms with van der Waals surface area (Å²) in [6, 6.07) is 0.676. The predicted molar refractivity (Wildman–Crippen MR) is 58.9 cm³/mol. The number of hydrogen-bond donors (Lipinski definition) is 1. The SMILES string of the molecule is C=CCC(NC)C1CCCCCC1. The van der Waals surface area contributed by atoms with Crippen molar-refractivity contribution in [2.45, 2.75) is 51.0 Å². The zero-order chi connectivity index (χ0) is 9.52. The molecule has 1 aliphatic carbocycles. The van der Waals surface area contributed by atoms with Gasteiger partial charge < -0.3 is 5.32 Å². The first-order valence-electron chi connectivity index (χ1n) is 5.66. The average Bonchev–Trinajstić information content (AvgIpc) is 2.42. The minimum absolute atomic E-state index is 0.676. The van der Waals surface area contributed by atoms with Crippen molar-refractivity contribution in [2.24, 2.45) is 5.92 Å². The number of nitrogens with one attached hydrogen (secondary N) is 1. The standard InChI is InChI=1S/C12H23N/c1-3-8-12(13-2)11-9-6-4-5-7-10-11/h3,11-13H,1,4-10H2,2H3. The Balaban J connectivity index is 2.39. The van der Waals surface area contributed by atoms with Gasteiger partial charge in [0.1, 0.15) is 0 Å². The van der Waals surface area contributed by atoms with E-state index in [2.05, 4.69) is 18.9 Å². The molecule has 0 aromatic heterocycles. The number of hydrogen-bond acceptors (Lipinski definition) is 1. The molecular weight excluding hydrogens is 158 g/mol. The molecule has 0 amide bonds. The Morgan fingerprint density at radius 2 is 1.92 bits per heavy atom. The van der Waals surface area contributed by atoms with Crippen molar-refractivity contribution < 1.29 is 0 Å². The van der Waals surface area contributed by atoms with Gasteiger partial charge in [0.2, 0.25) is 0 Å². The fraction of sp³-hybridized carbons (Fsp3) is 0.833. The van der Waals surface area contributed by atoms with Gasteiger partial charge in [0, 0.05) is 6.04 Å². The normalized spacial score (nSPS) is 22.2. The summed E-state index contributed by atoms with van der Waals surface area (Å²) in [6.45, 7) is 3.83. The smallest absolute Gasteiger partial charge is 0.0127 e. The second-order valence-electron chi connectivity index (χ2n) is 4.17. The molecule has 1 rings (SSSR count). The van der Waals surface area contributed by atoms with Crippen molar-refractivity contribution in [2.75, 3.05) is 7.05 Å². The molecule has 1 unspecified atom stereocenters. The largest absolute Gasteiger partial charge is 0.316 e. The first-order valence-corrected chi connectivity index (χ1v) is 5.66. The molecule has 1 nitrogen and oxygen atoms in total. The van der Waals surface area contributed by atoms with Gasteiger partial charge in [0.05, 0.1) is 0 Å². The molecule has 1 N–H and O–H groups in total. The summed E-state index contributed by atoms with van der Waals surface area (Å²) in [4.78, 5) is 0. The van der Waals surface area contributed by atoms with E-state index in [0.717, 1.165) is 12.3 Å². The highest BCUT2D eigenvalue weighted by Gasteiger charge is 2.19. The lowest BCUT2D eigenvalue weighted by atomic mass is 9.90. The Kier molecular flexibility index (Phi) is 5.14. The lowest BCUT2D eigenvalue weighted by molar-refractivity contribution is 0.336. The lowest BCUT2D eigenvalue weighted by Crippen LogP contribution is -2.32. The van der Waals surface area contributed by atoms with Crippen LogP contribution in [0.3, 0.4) is 0 Å². The van der Waals surface area contributed by atoms with Crippen LogP contribution < -0.4 is 5.32 Å². The molecule has 0 saturated heterocycles. The van der Waals surface area contributed by atoms with Gasteiger partial charge in [-0.25, -0.2) is 0 Å². The van der Waals surface area contributed by atoms with Crippen LogP contribution in [0.4, 0.5) is 0 Å². The molecule has 0 bridgehead atoms. The molecule has 0 radical (unpaired) electrons. The fourth-order valence-corrected chi connectivity index (χ4v) is 2.44. The summed E-state index contributed by atoms with van der Waals surface area (Å²) >= 11 is 0. The molecule has 1 saturated carbocycles. The number of rotatable bonds is 4. The van der Waals surface area contributed by atoms with Crippen LogP contribution in [0.1, 0.15) is 44.9 Å². The van der Waals surface area contributed by atoms with Crippen molar-refractivity contribution >= 4 is 0 Å². The van der Waals surface area contributed by atoms with Gasteiger partial charge in [0.25, 0.3) is 0 Å². The third-order valence-corrected chi connectivity index (χ3v) is 3.26. The minimum Gasteiger partial charge on any atom is -0.316 e. The Bertz CT molecular complexity index is 134. The van der Waals surface area contributed by atoms with Gasteiger partial charge in [-0.05, 0) is 32.2 Å². The summed E-state index contributed by atoms with van der Waals surface area (Å²) < 4.78 is 0. The van der Waals surface area contributed by atoms with E-state index < -0.39 is 0 Å². The van der Waals surface area contributed by atoms with E-state index in [9.17, 15) is 0 Å². The van der Waals surface area contributed by atoms with Gasteiger partial charge in [-0.15, -0.1) is 6.58 Å². The van der Waals surface area contributed by atoms with Crippen molar-refractivity contribution in [3.05, 3.63) is 12.7 Å². The quantitative estimate of drug-likeness (QED) is 0.519. The minimum atomic E-state index is 0.676. The van der Waals surface area contributed by atoms with Crippen LogP contribution in [0.15, 0.2) is 12.7 Å². The molecule has 0 aliphatic heterocycles. The van der Waals surface area contributed by atoms with E-state index in [-0.39, 0.29) is 0 Å². The molecule has 13 heavy (non-hydrogen) atoms. The highest BCUT2D eigenvalue weighted by atomic mass is 14.9. The molecule has 0 aromatic carbocycles. The van der Waals surface area contributed by atoms with Gasteiger partial charge >= 0.3 is 0 Å². The van der Waals surface area contributed by atoms with Crippen molar-refractivity contribution in [3.8, 4) is 0 Å². The van der Waals surface area contributed by atoms with Crippen LogP contribution in [-0.4, -0.2) is 13.1 Å². The highest BCUT2D eigenvalue weighted by molar-refractivity contribution is 4.83. The second kappa shape index (κ2) is 6.20. The molecule has 1 atom stereocenters. The van der Waals surface area contributed by atoms with Gasteiger partial charge in [-0.3, -0.25) is 0 Å². The molecule has 76 valence electrons. The van der Waals surface area contributed by atoms with Crippen LogP contribution >= 0.6 is 0 Å². The third kappa shape index (κ3) is 3.51. The van der Waals surface area contributed by atoms with Crippen LogP contribution in [0.25, 0.3) is 0 Å². The predicted octanol–water partition coefficient (Wildman–Crippen LogP) is 3.12. The van der Waals surface area contributed by atoms with E-state index in [4.69, 9.17) is 0 Å². The van der Waals surface area contributed by atoms with Crippen molar-refractivity contribution in [1.29, 1.82) is 0 Å². The molecule has 1 fully saturated rings. The maximum absolute atomic E-state index is 3.83. The Labute approximate surface area is 82.6 Å². The van der Waals surface area contributed by atoms with Gasteiger partial charge in [-0.1, -0.05) is 31.8 Å². The maximum atomic E-state index is 3.83.